The molecule has 27 heavy (non-hydrogen) atoms. The summed E-state index contributed by atoms with van der Waals surface area (Å²) in [4.78, 5) is 32.3. The number of benzene rings is 1. The second kappa shape index (κ2) is 7.29. The minimum atomic E-state index is -0.515. The topological polar surface area (TPSA) is 106 Å². The summed E-state index contributed by atoms with van der Waals surface area (Å²) in [5.41, 5.74) is 0.672. The Labute approximate surface area is 161 Å². The fourth-order valence-electron chi connectivity index (χ4n) is 2.55. The number of aromatic amines is 1. The molecular weight excluding hydrogens is 388 g/mol. The summed E-state index contributed by atoms with van der Waals surface area (Å²) in [6.45, 7) is 0.683. The van der Waals surface area contributed by atoms with Crippen molar-refractivity contribution in [1.29, 1.82) is 0 Å². The molecule has 0 saturated heterocycles. The van der Waals surface area contributed by atoms with Gasteiger partial charge in [-0.1, -0.05) is 35.0 Å². The van der Waals surface area contributed by atoms with Crippen molar-refractivity contribution in [1.82, 2.24) is 30.3 Å². The molecule has 0 spiro atoms. The number of hydrogen-bond acceptors (Lipinski definition) is 6. The van der Waals surface area contributed by atoms with Crippen LogP contribution in [-0.4, -0.2) is 30.9 Å². The van der Waals surface area contributed by atoms with Crippen LogP contribution in [-0.2, 0) is 13.1 Å². The van der Waals surface area contributed by atoms with Crippen LogP contribution in [0.2, 0.25) is 5.02 Å². The van der Waals surface area contributed by atoms with E-state index in [1.165, 1.54) is 16.0 Å². The van der Waals surface area contributed by atoms with E-state index >= 15 is 0 Å². The molecule has 136 valence electrons. The highest BCUT2D eigenvalue weighted by molar-refractivity contribution is 7.09. The highest BCUT2D eigenvalue weighted by atomic mass is 35.5. The van der Waals surface area contributed by atoms with E-state index < -0.39 is 11.5 Å². The van der Waals surface area contributed by atoms with Crippen LogP contribution >= 0.6 is 22.9 Å². The van der Waals surface area contributed by atoms with E-state index in [0.717, 1.165) is 10.4 Å². The molecule has 3 heterocycles. The van der Waals surface area contributed by atoms with Crippen LogP contribution in [0.4, 0.5) is 0 Å². The molecule has 0 atom stereocenters. The van der Waals surface area contributed by atoms with Crippen LogP contribution in [0.5, 0.6) is 0 Å². The molecule has 4 aromatic rings. The summed E-state index contributed by atoms with van der Waals surface area (Å²) < 4.78 is 1.46. The van der Waals surface area contributed by atoms with Crippen molar-refractivity contribution in [2.24, 2.45) is 0 Å². The van der Waals surface area contributed by atoms with E-state index in [2.05, 4.69) is 25.6 Å². The molecule has 0 saturated carbocycles. The number of carbonyl (C=O) groups is 1. The van der Waals surface area contributed by atoms with E-state index in [0.29, 0.717) is 18.1 Å². The highest BCUT2D eigenvalue weighted by Gasteiger charge is 2.16. The maximum absolute atomic E-state index is 12.4. The molecule has 0 unspecified atom stereocenters. The van der Waals surface area contributed by atoms with Gasteiger partial charge in [0.1, 0.15) is 0 Å². The molecule has 0 aliphatic heterocycles. The lowest BCUT2D eigenvalue weighted by Crippen LogP contribution is -2.27. The van der Waals surface area contributed by atoms with Crippen LogP contribution in [0, 0.1) is 0 Å². The van der Waals surface area contributed by atoms with Gasteiger partial charge >= 0.3 is 0 Å². The SMILES string of the molecule is O=C(NCc1cccs1)c1nc2c(nnn2Cc2cccc(Cl)c2)c(=O)[nH]1. The molecule has 2 N–H and O–H groups in total. The molecule has 3 aromatic heterocycles. The molecule has 10 heteroatoms. The van der Waals surface area contributed by atoms with Crippen molar-refractivity contribution in [2.75, 3.05) is 0 Å². The van der Waals surface area contributed by atoms with Gasteiger partial charge in [-0.3, -0.25) is 9.59 Å². The minimum Gasteiger partial charge on any atom is -0.344 e. The van der Waals surface area contributed by atoms with Gasteiger partial charge in [0.15, 0.2) is 11.2 Å². The Hall–Kier alpha value is -3.04. The van der Waals surface area contributed by atoms with Crippen molar-refractivity contribution in [2.45, 2.75) is 13.1 Å². The van der Waals surface area contributed by atoms with E-state index in [4.69, 9.17) is 11.6 Å². The van der Waals surface area contributed by atoms with Crippen LogP contribution in [0.3, 0.4) is 0 Å². The van der Waals surface area contributed by atoms with Gasteiger partial charge < -0.3 is 10.3 Å². The summed E-state index contributed by atoms with van der Waals surface area (Å²) in [5.74, 6) is -0.559. The fraction of sp³-hybridized carbons (Fsp3) is 0.118. The first-order valence-corrected chi connectivity index (χ1v) is 9.24. The number of amides is 1. The van der Waals surface area contributed by atoms with Gasteiger partial charge in [0, 0.05) is 9.90 Å². The first-order chi connectivity index (χ1) is 13.1. The molecule has 8 nitrogen and oxygen atoms in total. The Morgan fingerprint density at radius 2 is 2.19 bits per heavy atom. The highest BCUT2D eigenvalue weighted by Crippen LogP contribution is 2.13. The third-order valence-corrected chi connectivity index (χ3v) is 4.92. The summed E-state index contributed by atoms with van der Waals surface area (Å²) in [6.07, 6.45) is 0. The second-order valence-electron chi connectivity index (χ2n) is 5.73. The van der Waals surface area contributed by atoms with Gasteiger partial charge in [-0.25, -0.2) is 9.67 Å². The molecule has 0 radical (unpaired) electrons. The van der Waals surface area contributed by atoms with Gasteiger partial charge in [-0.15, -0.1) is 16.4 Å². The summed E-state index contributed by atoms with van der Waals surface area (Å²) in [7, 11) is 0. The Morgan fingerprint density at radius 1 is 1.30 bits per heavy atom. The molecular formula is C17H13ClN6O2S. The number of fused-ring (bicyclic) bond motifs is 1. The molecule has 1 amide bonds. The Balaban J connectivity index is 1.63. The number of hydrogen-bond donors (Lipinski definition) is 2. The zero-order chi connectivity index (χ0) is 18.8. The Bertz CT molecular complexity index is 1170. The number of rotatable bonds is 5. The lowest BCUT2D eigenvalue weighted by atomic mass is 10.2. The van der Waals surface area contributed by atoms with Gasteiger partial charge in [0.05, 0.1) is 13.1 Å². The number of nitrogens with zero attached hydrogens (tertiary/aromatic N) is 4. The number of thiophene rings is 1. The fourth-order valence-corrected chi connectivity index (χ4v) is 3.41. The largest absolute Gasteiger partial charge is 0.344 e. The maximum Gasteiger partial charge on any atom is 0.287 e. The van der Waals surface area contributed by atoms with Crippen LogP contribution in [0.25, 0.3) is 11.2 Å². The average molecular weight is 401 g/mol. The molecule has 4 rings (SSSR count). The van der Waals surface area contributed by atoms with Gasteiger partial charge in [0.2, 0.25) is 5.82 Å². The predicted octanol–water partition coefficient (Wildman–Crippen LogP) is 2.21. The number of carbonyl (C=O) groups excluding carboxylic acids is 1. The normalized spacial score (nSPS) is 11.0. The summed E-state index contributed by atoms with van der Waals surface area (Å²) >= 11 is 7.53. The number of halogens is 1. The van der Waals surface area contributed by atoms with Crippen molar-refractivity contribution >= 4 is 40.0 Å². The van der Waals surface area contributed by atoms with Crippen LogP contribution in [0.15, 0.2) is 46.6 Å². The third kappa shape index (κ3) is 3.74. The van der Waals surface area contributed by atoms with Crippen molar-refractivity contribution in [3.8, 4) is 0 Å². The molecule has 0 aliphatic carbocycles. The standard InChI is InChI=1S/C17H13ClN6O2S/c18-11-4-1-3-10(7-11)9-24-15-13(22-23-24)16(25)21-14(20-15)17(26)19-8-12-5-2-6-27-12/h1-7H,8-9H2,(H,19,26)(H,20,21,25). The molecule has 1 aromatic carbocycles. The maximum atomic E-state index is 12.4. The predicted molar refractivity (Wildman–Crippen MR) is 102 cm³/mol. The molecule has 0 aliphatic rings. The molecule has 0 fully saturated rings. The smallest absolute Gasteiger partial charge is 0.287 e. The zero-order valence-corrected chi connectivity index (χ0v) is 15.4. The van der Waals surface area contributed by atoms with Gasteiger partial charge in [-0.05, 0) is 29.1 Å². The first kappa shape index (κ1) is 17.4. The zero-order valence-electron chi connectivity index (χ0n) is 13.8. The van der Waals surface area contributed by atoms with E-state index in [1.807, 2.05) is 29.6 Å². The first-order valence-electron chi connectivity index (χ1n) is 7.99. The van der Waals surface area contributed by atoms with Crippen molar-refractivity contribution in [3.05, 3.63) is 73.4 Å². The monoisotopic (exact) mass is 400 g/mol. The number of nitrogens with one attached hydrogen (secondary N) is 2. The quantitative estimate of drug-likeness (QED) is 0.534. The Kier molecular flexibility index (Phi) is 4.69. The number of aromatic nitrogens is 5. The minimum absolute atomic E-state index is 0.0758. The summed E-state index contributed by atoms with van der Waals surface area (Å²) in [5, 5.41) is 13.1. The second-order valence-corrected chi connectivity index (χ2v) is 7.19. The average Bonchev–Trinajstić information content (AvgIpc) is 3.30. The number of H-pyrrole nitrogens is 1. The van der Waals surface area contributed by atoms with Crippen LogP contribution in [0.1, 0.15) is 21.1 Å². The third-order valence-electron chi connectivity index (χ3n) is 3.81. The van der Waals surface area contributed by atoms with E-state index in [-0.39, 0.29) is 17.0 Å². The van der Waals surface area contributed by atoms with E-state index in [1.54, 1.807) is 12.1 Å². The van der Waals surface area contributed by atoms with Gasteiger partial charge in [-0.2, -0.15) is 0 Å². The van der Waals surface area contributed by atoms with Gasteiger partial charge in [0.25, 0.3) is 11.5 Å². The summed E-state index contributed by atoms with van der Waals surface area (Å²) in [6, 6.07) is 11.1. The lowest BCUT2D eigenvalue weighted by molar-refractivity contribution is 0.0941. The Morgan fingerprint density at radius 3 is 2.96 bits per heavy atom. The van der Waals surface area contributed by atoms with Crippen LogP contribution < -0.4 is 10.9 Å². The molecule has 0 bridgehead atoms. The van der Waals surface area contributed by atoms with Crippen molar-refractivity contribution < 1.29 is 4.79 Å². The lowest BCUT2D eigenvalue weighted by Gasteiger charge is -2.05. The van der Waals surface area contributed by atoms with Crippen molar-refractivity contribution in [3.63, 3.8) is 0 Å². The van der Waals surface area contributed by atoms with E-state index in [9.17, 15) is 9.59 Å².